The van der Waals surface area contributed by atoms with Crippen molar-refractivity contribution in [2.45, 2.75) is 32.9 Å². The van der Waals surface area contributed by atoms with Gasteiger partial charge in [0.2, 0.25) is 0 Å². The predicted molar refractivity (Wildman–Crippen MR) is 80.7 cm³/mol. The molecular weight excluding hydrogens is 307 g/mol. The Morgan fingerprint density at radius 2 is 1.79 bits per heavy atom. The van der Waals surface area contributed by atoms with Gasteiger partial charge in [-0.2, -0.15) is 0 Å². The Bertz CT molecular complexity index is 434. The molecule has 0 amide bonds. The number of rotatable bonds is 2. The van der Waals surface area contributed by atoms with E-state index < -0.39 is 0 Å². The quantitative estimate of drug-likeness (QED) is 0.819. The largest absolute Gasteiger partial charge is 0.296 e. The molecule has 0 spiro atoms. The van der Waals surface area contributed by atoms with Crippen LogP contribution in [-0.4, -0.2) is 41.5 Å². The third-order valence-electron chi connectivity index (χ3n) is 3.73. The summed E-state index contributed by atoms with van der Waals surface area (Å²) in [6, 6.07) is 5.32. The van der Waals surface area contributed by atoms with Crippen LogP contribution in [0.25, 0.3) is 0 Å². The molecule has 0 saturated carbocycles. The normalized spacial score (nSPS) is 18.8. The lowest BCUT2D eigenvalue weighted by Crippen LogP contribution is -2.53. The average molecular weight is 329 g/mol. The highest BCUT2D eigenvalue weighted by molar-refractivity contribution is 9.10. The lowest BCUT2D eigenvalue weighted by Gasteiger charge is -2.42. The Morgan fingerprint density at radius 1 is 1.16 bits per heavy atom. The van der Waals surface area contributed by atoms with Crippen molar-refractivity contribution in [3.05, 3.63) is 34.1 Å². The summed E-state index contributed by atoms with van der Waals surface area (Å²) in [6.45, 7) is 11.6. The van der Waals surface area contributed by atoms with Gasteiger partial charge in [0.1, 0.15) is 5.82 Å². The van der Waals surface area contributed by atoms with E-state index in [2.05, 4.69) is 46.5 Å². The molecule has 2 rings (SSSR count). The van der Waals surface area contributed by atoms with Crippen LogP contribution in [0.4, 0.5) is 4.39 Å². The molecule has 1 aromatic rings. The van der Waals surface area contributed by atoms with Gasteiger partial charge in [-0.1, -0.05) is 22.0 Å². The highest BCUT2D eigenvalue weighted by atomic mass is 79.9. The number of piperazine rings is 1. The standard InChI is InChI=1S/C15H22BrFN2/c1-15(2,3)19-8-6-18(7-9-19)11-12-4-5-13(16)10-14(12)17/h4-5,10H,6-9,11H2,1-3H3. The molecule has 1 fully saturated rings. The first-order chi connectivity index (χ1) is 8.86. The van der Waals surface area contributed by atoms with Gasteiger partial charge in [0, 0.05) is 48.3 Å². The Kier molecular flexibility index (Phi) is 4.64. The summed E-state index contributed by atoms with van der Waals surface area (Å²) in [7, 11) is 0. The van der Waals surface area contributed by atoms with E-state index in [0.29, 0.717) is 6.54 Å². The van der Waals surface area contributed by atoms with Crippen molar-refractivity contribution in [1.82, 2.24) is 9.80 Å². The summed E-state index contributed by atoms with van der Waals surface area (Å²) in [6.07, 6.45) is 0. The molecule has 0 bridgehead atoms. The zero-order valence-corrected chi connectivity index (χ0v) is 13.5. The third kappa shape index (κ3) is 4.01. The average Bonchev–Trinajstić information content (AvgIpc) is 2.32. The SMILES string of the molecule is CC(C)(C)N1CCN(Cc2ccc(Br)cc2F)CC1. The number of halogens is 2. The van der Waals surface area contributed by atoms with Crippen molar-refractivity contribution in [3.8, 4) is 0 Å². The van der Waals surface area contributed by atoms with Gasteiger partial charge < -0.3 is 0 Å². The van der Waals surface area contributed by atoms with Crippen molar-refractivity contribution in [2.75, 3.05) is 26.2 Å². The van der Waals surface area contributed by atoms with Crippen LogP contribution in [0.3, 0.4) is 0 Å². The lowest BCUT2D eigenvalue weighted by molar-refractivity contribution is 0.0586. The molecule has 0 N–H and O–H groups in total. The molecule has 106 valence electrons. The minimum absolute atomic E-state index is 0.118. The summed E-state index contributed by atoms with van der Waals surface area (Å²) < 4.78 is 14.6. The molecule has 1 aliphatic heterocycles. The van der Waals surface area contributed by atoms with Crippen molar-refractivity contribution < 1.29 is 4.39 Å². The topological polar surface area (TPSA) is 6.48 Å². The second-order valence-electron chi connectivity index (χ2n) is 6.17. The van der Waals surface area contributed by atoms with Crippen LogP contribution >= 0.6 is 15.9 Å². The third-order valence-corrected chi connectivity index (χ3v) is 4.22. The monoisotopic (exact) mass is 328 g/mol. The van der Waals surface area contributed by atoms with E-state index in [9.17, 15) is 4.39 Å². The highest BCUT2D eigenvalue weighted by Gasteiger charge is 2.25. The van der Waals surface area contributed by atoms with Crippen molar-refractivity contribution in [3.63, 3.8) is 0 Å². The van der Waals surface area contributed by atoms with Crippen molar-refractivity contribution >= 4 is 15.9 Å². The number of benzene rings is 1. The lowest BCUT2D eigenvalue weighted by atomic mass is 10.0. The maximum absolute atomic E-state index is 13.8. The molecule has 19 heavy (non-hydrogen) atoms. The number of nitrogens with zero attached hydrogens (tertiary/aromatic N) is 2. The van der Waals surface area contributed by atoms with Crippen LogP contribution in [0.2, 0.25) is 0 Å². The fourth-order valence-electron chi connectivity index (χ4n) is 2.47. The first kappa shape index (κ1) is 14.9. The summed E-state index contributed by atoms with van der Waals surface area (Å²) in [5.41, 5.74) is 1.02. The molecule has 1 aromatic carbocycles. The van der Waals surface area contributed by atoms with E-state index in [1.54, 1.807) is 6.07 Å². The molecule has 4 heteroatoms. The van der Waals surface area contributed by atoms with Gasteiger partial charge in [0.25, 0.3) is 0 Å². The number of hydrogen-bond acceptors (Lipinski definition) is 2. The van der Waals surface area contributed by atoms with Gasteiger partial charge in [0.05, 0.1) is 0 Å². The van der Waals surface area contributed by atoms with Crippen LogP contribution in [0.5, 0.6) is 0 Å². The second kappa shape index (κ2) is 5.90. The summed E-state index contributed by atoms with van der Waals surface area (Å²) >= 11 is 3.29. The number of hydrogen-bond donors (Lipinski definition) is 0. The Hall–Kier alpha value is -0.450. The van der Waals surface area contributed by atoms with Gasteiger partial charge in [0.15, 0.2) is 0 Å². The summed E-state index contributed by atoms with van der Waals surface area (Å²) in [5.74, 6) is -0.118. The summed E-state index contributed by atoms with van der Waals surface area (Å²) in [5, 5.41) is 0. The van der Waals surface area contributed by atoms with Gasteiger partial charge in [-0.3, -0.25) is 9.80 Å². The van der Waals surface area contributed by atoms with E-state index in [1.807, 2.05) is 12.1 Å². The van der Waals surface area contributed by atoms with Crippen LogP contribution < -0.4 is 0 Å². The fourth-order valence-corrected chi connectivity index (χ4v) is 2.80. The maximum Gasteiger partial charge on any atom is 0.128 e. The second-order valence-corrected chi connectivity index (χ2v) is 7.09. The smallest absolute Gasteiger partial charge is 0.128 e. The van der Waals surface area contributed by atoms with Gasteiger partial charge >= 0.3 is 0 Å². The molecule has 0 aromatic heterocycles. The summed E-state index contributed by atoms with van der Waals surface area (Å²) in [4.78, 5) is 4.82. The maximum atomic E-state index is 13.8. The molecule has 0 atom stereocenters. The van der Waals surface area contributed by atoms with E-state index in [1.165, 1.54) is 0 Å². The van der Waals surface area contributed by atoms with Gasteiger partial charge in [-0.15, -0.1) is 0 Å². The van der Waals surface area contributed by atoms with Crippen LogP contribution in [-0.2, 0) is 6.54 Å². The van der Waals surface area contributed by atoms with Crippen LogP contribution in [0.15, 0.2) is 22.7 Å². The predicted octanol–water partition coefficient (Wildman–Crippen LogP) is 3.50. The molecule has 2 nitrogen and oxygen atoms in total. The Labute approximate surface area is 123 Å². The first-order valence-corrected chi connectivity index (χ1v) is 7.57. The molecule has 1 heterocycles. The van der Waals surface area contributed by atoms with E-state index in [0.717, 1.165) is 36.2 Å². The van der Waals surface area contributed by atoms with Crippen molar-refractivity contribution in [2.24, 2.45) is 0 Å². The molecule has 1 saturated heterocycles. The van der Waals surface area contributed by atoms with Gasteiger partial charge in [-0.05, 0) is 32.9 Å². The fraction of sp³-hybridized carbons (Fsp3) is 0.600. The zero-order valence-electron chi connectivity index (χ0n) is 11.9. The zero-order chi connectivity index (χ0) is 14.0. The Balaban J connectivity index is 1.92. The minimum Gasteiger partial charge on any atom is -0.296 e. The van der Waals surface area contributed by atoms with E-state index >= 15 is 0 Å². The van der Waals surface area contributed by atoms with Crippen molar-refractivity contribution in [1.29, 1.82) is 0 Å². The molecule has 0 radical (unpaired) electrons. The van der Waals surface area contributed by atoms with Crippen LogP contribution in [0.1, 0.15) is 26.3 Å². The van der Waals surface area contributed by atoms with Gasteiger partial charge in [-0.25, -0.2) is 4.39 Å². The first-order valence-electron chi connectivity index (χ1n) is 6.77. The Morgan fingerprint density at radius 3 is 2.32 bits per heavy atom. The van der Waals surface area contributed by atoms with E-state index in [4.69, 9.17) is 0 Å². The molecule has 1 aliphatic rings. The molecule has 0 unspecified atom stereocenters. The molecule has 0 aliphatic carbocycles. The molecular formula is C15H22BrFN2. The van der Waals surface area contributed by atoms with Crippen LogP contribution in [0, 0.1) is 5.82 Å². The van der Waals surface area contributed by atoms with E-state index in [-0.39, 0.29) is 11.4 Å². The minimum atomic E-state index is -0.118. The highest BCUT2D eigenvalue weighted by Crippen LogP contribution is 2.19.